The summed E-state index contributed by atoms with van der Waals surface area (Å²) in [6, 6.07) is 11.8. The third-order valence-electron chi connectivity index (χ3n) is 2.99. The molecule has 0 bridgehead atoms. The number of aryl methyl sites for hydroxylation is 1. The molecule has 116 valence electrons. The van der Waals surface area contributed by atoms with Crippen LogP contribution in [0, 0.1) is 6.92 Å². The fraction of sp³-hybridized carbons (Fsp3) is 0.133. The van der Waals surface area contributed by atoms with Crippen molar-refractivity contribution >= 4 is 21.7 Å². The minimum atomic E-state index is -3.94. The number of urea groups is 1. The molecule has 0 radical (unpaired) electrons. The van der Waals surface area contributed by atoms with Crippen LogP contribution in [-0.4, -0.2) is 19.6 Å². The van der Waals surface area contributed by atoms with Crippen molar-refractivity contribution in [2.75, 3.05) is 5.32 Å². The zero-order chi connectivity index (χ0) is 16.2. The molecule has 0 aliphatic carbocycles. The van der Waals surface area contributed by atoms with Gasteiger partial charge in [0, 0.05) is 11.3 Å². The van der Waals surface area contributed by atoms with Crippen LogP contribution >= 0.6 is 0 Å². The Bertz CT molecular complexity index is 770. The van der Waals surface area contributed by atoms with E-state index < -0.39 is 16.1 Å². The van der Waals surface area contributed by atoms with E-state index in [0.29, 0.717) is 11.3 Å². The van der Waals surface area contributed by atoms with Crippen LogP contribution in [0.4, 0.5) is 10.5 Å². The van der Waals surface area contributed by atoms with Gasteiger partial charge in [0.25, 0.3) is 10.0 Å². The maximum absolute atomic E-state index is 12.1. The minimum Gasteiger partial charge on any atom is -0.392 e. The first kappa shape index (κ1) is 16.0. The van der Waals surface area contributed by atoms with Crippen LogP contribution in [0.25, 0.3) is 0 Å². The molecular formula is C15H16N2O4S. The van der Waals surface area contributed by atoms with Crippen molar-refractivity contribution in [3.63, 3.8) is 0 Å². The Balaban J connectivity index is 2.13. The smallest absolute Gasteiger partial charge is 0.333 e. The first-order valence-electron chi connectivity index (χ1n) is 6.51. The second kappa shape index (κ2) is 6.59. The summed E-state index contributed by atoms with van der Waals surface area (Å²) in [7, 11) is -3.94. The van der Waals surface area contributed by atoms with Crippen molar-refractivity contribution in [2.24, 2.45) is 0 Å². The van der Waals surface area contributed by atoms with Crippen LogP contribution in [0.15, 0.2) is 53.4 Å². The zero-order valence-electron chi connectivity index (χ0n) is 11.9. The molecule has 0 heterocycles. The average molecular weight is 320 g/mol. The van der Waals surface area contributed by atoms with Gasteiger partial charge in [-0.15, -0.1) is 0 Å². The lowest BCUT2D eigenvalue weighted by atomic mass is 10.2. The number of nitrogens with one attached hydrogen (secondary N) is 2. The van der Waals surface area contributed by atoms with Gasteiger partial charge in [-0.2, -0.15) is 0 Å². The molecule has 6 nitrogen and oxygen atoms in total. The standard InChI is InChI=1S/C15H16N2O4S/c1-11-6-8-13(9-7-11)22(20,21)17-15(19)16-14-5-3-2-4-12(14)10-18/h2-9,18H,10H2,1H3,(H2,16,17,19). The third kappa shape index (κ3) is 3.84. The molecule has 0 aliphatic heterocycles. The predicted molar refractivity (Wildman–Crippen MR) is 82.9 cm³/mol. The van der Waals surface area contributed by atoms with Gasteiger partial charge in [-0.1, -0.05) is 35.9 Å². The van der Waals surface area contributed by atoms with Gasteiger partial charge >= 0.3 is 6.03 Å². The summed E-state index contributed by atoms with van der Waals surface area (Å²) in [5, 5.41) is 11.6. The quantitative estimate of drug-likeness (QED) is 0.803. The molecule has 7 heteroatoms. The molecule has 22 heavy (non-hydrogen) atoms. The monoisotopic (exact) mass is 320 g/mol. The molecule has 0 aliphatic rings. The van der Waals surface area contributed by atoms with Crippen molar-refractivity contribution in [3.8, 4) is 0 Å². The van der Waals surface area contributed by atoms with Gasteiger partial charge in [0.15, 0.2) is 0 Å². The second-order valence-corrected chi connectivity index (χ2v) is 6.37. The lowest BCUT2D eigenvalue weighted by molar-refractivity contribution is 0.256. The summed E-state index contributed by atoms with van der Waals surface area (Å²) in [6.07, 6.45) is 0. The molecular weight excluding hydrogens is 304 g/mol. The number of amides is 2. The highest BCUT2D eigenvalue weighted by Crippen LogP contribution is 2.15. The van der Waals surface area contributed by atoms with Gasteiger partial charge in [-0.05, 0) is 25.1 Å². The molecule has 2 rings (SSSR count). The van der Waals surface area contributed by atoms with Gasteiger partial charge < -0.3 is 10.4 Å². The van der Waals surface area contributed by atoms with E-state index in [1.165, 1.54) is 12.1 Å². The summed E-state index contributed by atoms with van der Waals surface area (Å²) in [6.45, 7) is 1.57. The zero-order valence-corrected chi connectivity index (χ0v) is 12.7. The number of anilines is 1. The van der Waals surface area contributed by atoms with Crippen LogP contribution in [-0.2, 0) is 16.6 Å². The number of para-hydroxylation sites is 1. The molecule has 0 saturated carbocycles. The molecule has 0 spiro atoms. The van der Waals surface area contributed by atoms with Crippen molar-refractivity contribution in [3.05, 3.63) is 59.7 Å². The molecule has 2 aromatic rings. The maximum Gasteiger partial charge on any atom is 0.333 e. The Kier molecular flexibility index (Phi) is 4.79. The van der Waals surface area contributed by atoms with E-state index in [9.17, 15) is 18.3 Å². The van der Waals surface area contributed by atoms with Crippen molar-refractivity contribution in [1.82, 2.24) is 4.72 Å². The van der Waals surface area contributed by atoms with E-state index in [2.05, 4.69) is 5.32 Å². The highest BCUT2D eigenvalue weighted by molar-refractivity contribution is 7.90. The predicted octanol–water partition coefficient (Wildman–Crippen LogP) is 2.00. The topological polar surface area (TPSA) is 95.5 Å². The second-order valence-electron chi connectivity index (χ2n) is 4.69. The van der Waals surface area contributed by atoms with Crippen LogP contribution < -0.4 is 10.0 Å². The van der Waals surface area contributed by atoms with E-state index in [4.69, 9.17) is 0 Å². The Labute approximate surface area is 128 Å². The molecule has 0 saturated heterocycles. The Hall–Kier alpha value is -2.38. The fourth-order valence-corrected chi connectivity index (χ4v) is 2.73. The van der Waals surface area contributed by atoms with Crippen LogP contribution in [0.1, 0.15) is 11.1 Å². The third-order valence-corrected chi connectivity index (χ3v) is 4.34. The summed E-state index contributed by atoms with van der Waals surface area (Å²) in [5.74, 6) is 0. The van der Waals surface area contributed by atoms with Gasteiger partial charge in [0.05, 0.1) is 11.5 Å². The Morgan fingerprint density at radius 2 is 1.73 bits per heavy atom. The van der Waals surface area contributed by atoms with Crippen molar-refractivity contribution < 1.29 is 18.3 Å². The maximum atomic E-state index is 12.1. The summed E-state index contributed by atoms with van der Waals surface area (Å²) in [4.78, 5) is 11.9. The average Bonchev–Trinajstić information content (AvgIpc) is 2.47. The molecule has 0 atom stereocenters. The van der Waals surface area contributed by atoms with Crippen molar-refractivity contribution in [1.29, 1.82) is 0 Å². The van der Waals surface area contributed by atoms with E-state index >= 15 is 0 Å². The van der Waals surface area contributed by atoms with Crippen LogP contribution in [0.3, 0.4) is 0 Å². The van der Waals surface area contributed by atoms with Crippen LogP contribution in [0.5, 0.6) is 0 Å². The SMILES string of the molecule is Cc1ccc(S(=O)(=O)NC(=O)Nc2ccccc2CO)cc1. The number of aliphatic hydroxyl groups is 1. The lowest BCUT2D eigenvalue weighted by Crippen LogP contribution is -2.34. The lowest BCUT2D eigenvalue weighted by Gasteiger charge is -2.11. The largest absolute Gasteiger partial charge is 0.392 e. The van der Waals surface area contributed by atoms with Gasteiger partial charge in [-0.25, -0.2) is 17.9 Å². The van der Waals surface area contributed by atoms with E-state index in [1.54, 1.807) is 36.4 Å². The summed E-state index contributed by atoms with van der Waals surface area (Å²) in [5.41, 5.74) is 1.76. The molecule has 0 aromatic heterocycles. The Morgan fingerprint density at radius 3 is 2.36 bits per heavy atom. The number of hydrogen-bond donors (Lipinski definition) is 3. The number of aliphatic hydroxyl groups excluding tert-OH is 1. The normalized spacial score (nSPS) is 11.0. The van der Waals surface area contributed by atoms with Gasteiger partial charge in [0.1, 0.15) is 0 Å². The Morgan fingerprint density at radius 1 is 1.09 bits per heavy atom. The molecule has 2 amide bonds. The number of hydrogen-bond acceptors (Lipinski definition) is 4. The van der Waals surface area contributed by atoms with E-state index in [-0.39, 0.29) is 11.5 Å². The first-order valence-corrected chi connectivity index (χ1v) is 8.00. The number of benzene rings is 2. The minimum absolute atomic E-state index is 0.00342. The number of carbonyl (C=O) groups is 1. The van der Waals surface area contributed by atoms with E-state index in [0.717, 1.165) is 5.56 Å². The fourth-order valence-electron chi connectivity index (χ4n) is 1.83. The number of carbonyl (C=O) groups excluding carboxylic acids is 1. The summed E-state index contributed by atoms with van der Waals surface area (Å²) >= 11 is 0. The molecule has 3 N–H and O–H groups in total. The number of sulfonamides is 1. The highest BCUT2D eigenvalue weighted by Gasteiger charge is 2.17. The molecule has 0 unspecified atom stereocenters. The number of rotatable bonds is 4. The molecule has 2 aromatic carbocycles. The van der Waals surface area contributed by atoms with E-state index in [1.807, 2.05) is 11.6 Å². The van der Waals surface area contributed by atoms with Crippen LogP contribution in [0.2, 0.25) is 0 Å². The first-order chi connectivity index (χ1) is 10.4. The van der Waals surface area contributed by atoms with Gasteiger partial charge in [-0.3, -0.25) is 0 Å². The highest BCUT2D eigenvalue weighted by atomic mass is 32.2. The summed E-state index contributed by atoms with van der Waals surface area (Å²) < 4.78 is 26.1. The van der Waals surface area contributed by atoms with Crippen molar-refractivity contribution in [2.45, 2.75) is 18.4 Å². The molecule has 0 fully saturated rings. The van der Waals surface area contributed by atoms with Gasteiger partial charge in [0.2, 0.25) is 0 Å².